The van der Waals surface area contributed by atoms with Gasteiger partial charge in [0.1, 0.15) is 0 Å². The molecular weight excluding hydrogens is 266 g/mol. The van der Waals surface area contributed by atoms with Crippen LogP contribution < -0.4 is 0 Å². The Balaban J connectivity index is 1.75. The second-order valence-corrected chi connectivity index (χ2v) is 6.26. The minimum atomic E-state index is -0.819. The third-order valence-corrected chi connectivity index (χ3v) is 5.02. The van der Waals surface area contributed by atoms with Crippen LogP contribution in [0.5, 0.6) is 0 Å². The number of hydrogen-bond donors (Lipinski definition) is 1. The van der Waals surface area contributed by atoms with E-state index in [1.165, 1.54) is 11.1 Å². The molecule has 2 aliphatic rings. The Morgan fingerprint density at radius 1 is 1.14 bits per heavy atom. The zero-order chi connectivity index (χ0) is 15.0. The zero-order valence-corrected chi connectivity index (χ0v) is 12.3. The van der Waals surface area contributed by atoms with E-state index in [2.05, 4.69) is 6.92 Å². The van der Waals surface area contributed by atoms with Crippen LogP contribution in [0.15, 0.2) is 24.3 Å². The third-order valence-electron chi connectivity index (χ3n) is 5.02. The normalized spacial score (nSPS) is 27.7. The van der Waals surface area contributed by atoms with Gasteiger partial charge in [-0.15, -0.1) is 0 Å². The van der Waals surface area contributed by atoms with E-state index in [0.717, 1.165) is 12.8 Å². The number of amides is 1. The van der Waals surface area contributed by atoms with E-state index in [9.17, 15) is 14.7 Å². The summed E-state index contributed by atoms with van der Waals surface area (Å²) in [5.41, 5.74) is 2.37. The van der Waals surface area contributed by atoms with Gasteiger partial charge in [-0.25, -0.2) is 0 Å². The lowest BCUT2D eigenvalue weighted by atomic mass is 9.95. The maximum Gasteiger partial charge on any atom is 0.307 e. The molecule has 4 heteroatoms. The second kappa shape index (κ2) is 5.51. The molecule has 1 fully saturated rings. The van der Waals surface area contributed by atoms with Crippen LogP contribution in [0.25, 0.3) is 0 Å². The van der Waals surface area contributed by atoms with Crippen LogP contribution in [0.1, 0.15) is 37.3 Å². The maximum atomic E-state index is 12.8. The Bertz CT molecular complexity index is 544. The van der Waals surface area contributed by atoms with Crippen LogP contribution >= 0.6 is 0 Å². The zero-order valence-electron chi connectivity index (χ0n) is 12.3. The Hall–Kier alpha value is -1.84. The van der Waals surface area contributed by atoms with Crippen LogP contribution in [-0.4, -0.2) is 21.9 Å². The highest BCUT2D eigenvalue weighted by Crippen LogP contribution is 2.40. The van der Waals surface area contributed by atoms with Gasteiger partial charge in [0, 0.05) is 13.1 Å². The number of benzene rings is 1. The molecule has 1 N–H and O–H groups in total. The fourth-order valence-electron chi connectivity index (χ4n) is 3.75. The molecule has 112 valence electrons. The van der Waals surface area contributed by atoms with Crippen molar-refractivity contribution in [2.45, 2.75) is 39.3 Å². The number of rotatable bonds is 3. The number of carboxylic acid groups (broad SMARTS) is 1. The van der Waals surface area contributed by atoms with Gasteiger partial charge in [-0.3, -0.25) is 9.59 Å². The number of aliphatic carboxylic acids is 1. The van der Waals surface area contributed by atoms with Crippen molar-refractivity contribution in [2.75, 3.05) is 0 Å². The number of nitrogens with zero attached hydrogens (tertiary/aromatic N) is 1. The van der Waals surface area contributed by atoms with Crippen molar-refractivity contribution in [1.82, 2.24) is 4.90 Å². The van der Waals surface area contributed by atoms with E-state index in [0.29, 0.717) is 25.4 Å². The van der Waals surface area contributed by atoms with Crippen LogP contribution in [0, 0.1) is 17.8 Å². The van der Waals surface area contributed by atoms with Crippen molar-refractivity contribution >= 4 is 11.9 Å². The summed E-state index contributed by atoms with van der Waals surface area (Å²) in [7, 11) is 0. The molecule has 0 aromatic heterocycles. The van der Waals surface area contributed by atoms with Gasteiger partial charge in [-0.1, -0.05) is 37.6 Å². The number of hydrogen-bond acceptors (Lipinski definition) is 2. The lowest BCUT2D eigenvalue weighted by molar-refractivity contribution is -0.149. The van der Waals surface area contributed by atoms with Gasteiger partial charge in [-0.2, -0.15) is 0 Å². The molecule has 3 atom stereocenters. The summed E-state index contributed by atoms with van der Waals surface area (Å²) in [6.07, 6.45) is 2.32. The fourth-order valence-corrected chi connectivity index (χ4v) is 3.75. The summed E-state index contributed by atoms with van der Waals surface area (Å²) in [5.74, 6) is -1.28. The predicted molar refractivity (Wildman–Crippen MR) is 78.3 cm³/mol. The van der Waals surface area contributed by atoms with Gasteiger partial charge in [-0.05, 0) is 29.9 Å². The van der Waals surface area contributed by atoms with Crippen molar-refractivity contribution in [3.05, 3.63) is 35.4 Å². The molecule has 21 heavy (non-hydrogen) atoms. The number of carbonyl (C=O) groups is 2. The number of carboxylic acids is 1. The van der Waals surface area contributed by atoms with Gasteiger partial charge >= 0.3 is 5.97 Å². The Kier molecular flexibility index (Phi) is 3.70. The smallest absolute Gasteiger partial charge is 0.307 e. The average Bonchev–Trinajstić information content (AvgIpc) is 3.10. The highest BCUT2D eigenvalue weighted by Gasteiger charge is 2.44. The van der Waals surface area contributed by atoms with Crippen molar-refractivity contribution in [1.29, 1.82) is 0 Å². The van der Waals surface area contributed by atoms with E-state index >= 15 is 0 Å². The molecule has 1 aromatic rings. The van der Waals surface area contributed by atoms with Crippen molar-refractivity contribution in [3.8, 4) is 0 Å². The molecule has 1 aliphatic carbocycles. The van der Waals surface area contributed by atoms with E-state index in [-0.39, 0.29) is 11.8 Å². The van der Waals surface area contributed by atoms with Crippen LogP contribution in [-0.2, 0) is 22.7 Å². The molecule has 1 aliphatic heterocycles. The average molecular weight is 287 g/mol. The molecule has 3 rings (SSSR count). The first kappa shape index (κ1) is 14.1. The van der Waals surface area contributed by atoms with Crippen molar-refractivity contribution < 1.29 is 14.7 Å². The molecule has 1 unspecified atom stereocenters. The second-order valence-electron chi connectivity index (χ2n) is 6.26. The summed E-state index contributed by atoms with van der Waals surface area (Å²) in [4.78, 5) is 26.0. The molecule has 0 radical (unpaired) electrons. The molecular formula is C17H21NO3. The highest BCUT2D eigenvalue weighted by atomic mass is 16.4. The van der Waals surface area contributed by atoms with Gasteiger partial charge in [0.05, 0.1) is 11.8 Å². The Morgan fingerprint density at radius 2 is 1.71 bits per heavy atom. The summed E-state index contributed by atoms with van der Waals surface area (Å²) >= 11 is 0. The summed E-state index contributed by atoms with van der Waals surface area (Å²) < 4.78 is 0. The van der Waals surface area contributed by atoms with Crippen LogP contribution in [0.2, 0.25) is 0 Å². The summed E-state index contributed by atoms with van der Waals surface area (Å²) in [6, 6.07) is 8.05. The van der Waals surface area contributed by atoms with Gasteiger partial charge in [0.15, 0.2) is 0 Å². The molecule has 0 saturated heterocycles. The molecule has 0 bridgehead atoms. The summed E-state index contributed by atoms with van der Waals surface area (Å²) in [5, 5.41) is 9.39. The first-order valence-electron chi connectivity index (χ1n) is 7.68. The summed E-state index contributed by atoms with van der Waals surface area (Å²) in [6.45, 7) is 3.31. The number of carbonyl (C=O) groups excluding carboxylic acids is 1. The lowest BCUT2D eigenvalue weighted by Gasteiger charge is -2.22. The molecule has 4 nitrogen and oxygen atoms in total. The first-order valence-corrected chi connectivity index (χ1v) is 7.68. The molecule has 1 amide bonds. The van der Waals surface area contributed by atoms with E-state index in [1.54, 1.807) is 0 Å². The first-order chi connectivity index (χ1) is 10.1. The maximum absolute atomic E-state index is 12.8. The standard InChI is InChI=1S/C17H21NO3/c1-2-11-7-14(15(8-11)17(20)21)16(19)18-9-12-5-3-4-6-13(12)10-18/h3-6,11,14-15H,2,7-10H2,1H3,(H,20,21)/t11?,14-,15+/m0/s1. The van der Waals surface area contributed by atoms with Crippen LogP contribution in [0.4, 0.5) is 0 Å². The van der Waals surface area contributed by atoms with E-state index in [4.69, 9.17) is 0 Å². The van der Waals surface area contributed by atoms with Gasteiger partial charge < -0.3 is 10.0 Å². The molecule has 1 aromatic carbocycles. The monoisotopic (exact) mass is 287 g/mol. The van der Waals surface area contributed by atoms with Crippen LogP contribution in [0.3, 0.4) is 0 Å². The third kappa shape index (κ3) is 2.55. The SMILES string of the molecule is CCC1C[C@H](C(=O)N2Cc3ccccc3C2)[C@H](C(=O)O)C1. The van der Waals surface area contributed by atoms with E-state index in [1.807, 2.05) is 29.2 Å². The fraction of sp³-hybridized carbons (Fsp3) is 0.529. The van der Waals surface area contributed by atoms with Gasteiger partial charge in [0.25, 0.3) is 0 Å². The predicted octanol–water partition coefficient (Wildman–Crippen LogP) is 2.67. The largest absolute Gasteiger partial charge is 0.481 e. The minimum Gasteiger partial charge on any atom is -0.481 e. The van der Waals surface area contributed by atoms with Crippen molar-refractivity contribution in [2.24, 2.45) is 17.8 Å². The highest BCUT2D eigenvalue weighted by molar-refractivity contribution is 5.85. The molecule has 1 saturated carbocycles. The minimum absolute atomic E-state index is 0.0227. The molecule has 0 spiro atoms. The topological polar surface area (TPSA) is 57.6 Å². The van der Waals surface area contributed by atoms with Gasteiger partial charge in [0.2, 0.25) is 5.91 Å². The molecule has 1 heterocycles. The number of fused-ring (bicyclic) bond motifs is 1. The quantitative estimate of drug-likeness (QED) is 0.930. The Morgan fingerprint density at radius 3 is 2.24 bits per heavy atom. The lowest BCUT2D eigenvalue weighted by Crippen LogP contribution is -2.36. The van der Waals surface area contributed by atoms with Crippen molar-refractivity contribution in [3.63, 3.8) is 0 Å². The Labute approximate surface area is 124 Å². The van der Waals surface area contributed by atoms with E-state index < -0.39 is 11.9 Å².